The summed E-state index contributed by atoms with van der Waals surface area (Å²) in [7, 11) is 3.04. The molecular formula is C20H24O6. The van der Waals surface area contributed by atoms with Crippen LogP contribution in [0.1, 0.15) is 48.7 Å². The second-order valence-corrected chi connectivity index (χ2v) is 6.59. The standard InChI is InChI=1S/C20H24O6/c1-10-14-7-13(18(23)11(2)21)9-17(25-4)20(14)26-19(10)12-5-6-15(22)16(8-12)24-3/h5-11,18-19,21-23H,1-4H3/t10-,11+,18-,19-/m0/s1. The Morgan fingerprint density at radius 1 is 1.04 bits per heavy atom. The summed E-state index contributed by atoms with van der Waals surface area (Å²) < 4.78 is 16.8. The highest BCUT2D eigenvalue weighted by Crippen LogP contribution is 2.51. The molecule has 2 aromatic rings. The molecular weight excluding hydrogens is 336 g/mol. The second kappa shape index (κ2) is 7.05. The molecule has 0 bridgehead atoms. The van der Waals surface area contributed by atoms with E-state index in [0.717, 1.165) is 11.1 Å². The summed E-state index contributed by atoms with van der Waals surface area (Å²) in [5, 5.41) is 29.7. The van der Waals surface area contributed by atoms with Crippen LogP contribution in [-0.4, -0.2) is 35.6 Å². The molecule has 0 unspecified atom stereocenters. The monoisotopic (exact) mass is 360 g/mol. The van der Waals surface area contributed by atoms with Crippen LogP contribution < -0.4 is 14.2 Å². The Hall–Kier alpha value is -2.44. The normalized spacial score (nSPS) is 20.8. The average molecular weight is 360 g/mol. The highest BCUT2D eigenvalue weighted by atomic mass is 16.5. The lowest BCUT2D eigenvalue weighted by molar-refractivity contribution is 0.0304. The van der Waals surface area contributed by atoms with E-state index in [1.54, 1.807) is 31.4 Å². The molecule has 0 aliphatic carbocycles. The molecule has 1 heterocycles. The van der Waals surface area contributed by atoms with Crippen molar-refractivity contribution in [3.8, 4) is 23.0 Å². The van der Waals surface area contributed by atoms with Crippen molar-refractivity contribution in [2.75, 3.05) is 14.2 Å². The van der Waals surface area contributed by atoms with Gasteiger partial charge in [0.1, 0.15) is 12.2 Å². The Morgan fingerprint density at radius 2 is 1.73 bits per heavy atom. The number of ether oxygens (including phenoxy) is 3. The number of hydrogen-bond acceptors (Lipinski definition) is 6. The largest absolute Gasteiger partial charge is 0.504 e. The number of aromatic hydroxyl groups is 1. The summed E-state index contributed by atoms with van der Waals surface area (Å²) in [5.74, 6) is 1.57. The van der Waals surface area contributed by atoms with Crippen molar-refractivity contribution in [3.05, 3.63) is 47.0 Å². The number of rotatable bonds is 5. The van der Waals surface area contributed by atoms with Gasteiger partial charge >= 0.3 is 0 Å². The number of methoxy groups -OCH3 is 2. The van der Waals surface area contributed by atoms with Crippen molar-refractivity contribution >= 4 is 0 Å². The number of hydrogen-bond donors (Lipinski definition) is 3. The van der Waals surface area contributed by atoms with Crippen LogP contribution in [-0.2, 0) is 0 Å². The van der Waals surface area contributed by atoms with Gasteiger partial charge in [0, 0.05) is 11.5 Å². The molecule has 0 amide bonds. The molecule has 4 atom stereocenters. The highest BCUT2D eigenvalue weighted by molar-refractivity contribution is 5.56. The van der Waals surface area contributed by atoms with Crippen LogP contribution in [0.25, 0.3) is 0 Å². The van der Waals surface area contributed by atoms with Gasteiger partial charge in [-0.3, -0.25) is 0 Å². The smallest absolute Gasteiger partial charge is 0.165 e. The van der Waals surface area contributed by atoms with Gasteiger partial charge < -0.3 is 29.5 Å². The maximum absolute atomic E-state index is 10.2. The third-order valence-electron chi connectivity index (χ3n) is 4.85. The van der Waals surface area contributed by atoms with Crippen LogP contribution in [0.15, 0.2) is 30.3 Å². The van der Waals surface area contributed by atoms with Gasteiger partial charge in [0.25, 0.3) is 0 Å². The molecule has 1 aliphatic heterocycles. The molecule has 6 heteroatoms. The fraction of sp³-hybridized carbons (Fsp3) is 0.400. The van der Waals surface area contributed by atoms with Gasteiger partial charge in [0.15, 0.2) is 23.0 Å². The average Bonchev–Trinajstić information content (AvgIpc) is 2.97. The number of phenolic OH excluding ortho intramolecular Hbond substituents is 1. The minimum Gasteiger partial charge on any atom is -0.504 e. The molecule has 0 saturated carbocycles. The van der Waals surface area contributed by atoms with E-state index < -0.39 is 12.2 Å². The minimum absolute atomic E-state index is 0.0192. The third kappa shape index (κ3) is 3.06. The summed E-state index contributed by atoms with van der Waals surface area (Å²) >= 11 is 0. The van der Waals surface area contributed by atoms with Gasteiger partial charge in [-0.15, -0.1) is 0 Å². The van der Waals surface area contributed by atoms with Crippen LogP contribution in [0, 0.1) is 0 Å². The van der Waals surface area contributed by atoms with Crippen molar-refractivity contribution in [1.82, 2.24) is 0 Å². The Balaban J connectivity index is 2.02. The van der Waals surface area contributed by atoms with E-state index in [2.05, 4.69) is 0 Å². The SMILES string of the molecule is COc1cc([C@H]2Oc3c(OC)cc([C@@H](O)[C@@H](C)O)cc3[C@@H]2C)ccc1O. The number of phenols is 1. The van der Waals surface area contributed by atoms with Crippen LogP contribution in [0.5, 0.6) is 23.0 Å². The molecule has 6 nitrogen and oxygen atoms in total. The molecule has 26 heavy (non-hydrogen) atoms. The van der Waals surface area contributed by atoms with E-state index >= 15 is 0 Å². The Labute approximate surface area is 152 Å². The van der Waals surface area contributed by atoms with Gasteiger partial charge in [0.2, 0.25) is 0 Å². The molecule has 0 radical (unpaired) electrons. The summed E-state index contributed by atoms with van der Waals surface area (Å²) in [6.45, 7) is 3.56. The molecule has 2 aromatic carbocycles. The maximum atomic E-state index is 10.2. The summed E-state index contributed by atoms with van der Waals surface area (Å²) in [6, 6.07) is 8.65. The third-order valence-corrected chi connectivity index (χ3v) is 4.85. The van der Waals surface area contributed by atoms with Gasteiger partial charge in [-0.2, -0.15) is 0 Å². The second-order valence-electron chi connectivity index (χ2n) is 6.59. The quantitative estimate of drug-likeness (QED) is 0.759. The first-order valence-electron chi connectivity index (χ1n) is 8.48. The van der Waals surface area contributed by atoms with Crippen LogP contribution >= 0.6 is 0 Å². The molecule has 1 aliphatic rings. The Morgan fingerprint density at radius 3 is 2.35 bits per heavy atom. The zero-order valence-electron chi connectivity index (χ0n) is 15.3. The zero-order chi connectivity index (χ0) is 19.0. The lowest BCUT2D eigenvalue weighted by Gasteiger charge is -2.17. The van der Waals surface area contributed by atoms with Crippen molar-refractivity contribution in [3.63, 3.8) is 0 Å². The van der Waals surface area contributed by atoms with Gasteiger partial charge in [-0.1, -0.05) is 13.0 Å². The molecule has 140 valence electrons. The summed E-state index contributed by atoms with van der Waals surface area (Å²) in [5.41, 5.74) is 2.34. The Kier molecular flexibility index (Phi) is 4.98. The van der Waals surface area contributed by atoms with E-state index in [-0.39, 0.29) is 17.8 Å². The first-order chi connectivity index (χ1) is 12.4. The van der Waals surface area contributed by atoms with E-state index in [4.69, 9.17) is 14.2 Å². The topological polar surface area (TPSA) is 88.4 Å². The van der Waals surface area contributed by atoms with Crippen molar-refractivity contribution in [2.45, 2.75) is 38.1 Å². The first-order valence-corrected chi connectivity index (χ1v) is 8.48. The number of aliphatic hydroxyl groups excluding tert-OH is 2. The van der Waals surface area contributed by atoms with E-state index in [0.29, 0.717) is 22.8 Å². The molecule has 3 rings (SSSR count). The maximum Gasteiger partial charge on any atom is 0.165 e. The van der Waals surface area contributed by atoms with E-state index in [9.17, 15) is 15.3 Å². The number of benzene rings is 2. The molecule has 0 saturated heterocycles. The fourth-order valence-corrected chi connectivity index (χ4v) is 3.33. The molecule has 0 fully saturated rings. The summed E-state index contributed by atoms with van der Waals surface area (Å²) in [4.78, 5) is 0. The van der Waals surface area contributed by atoms with Crippen molar-refractivity contribution in [1.29, 1.82) is 0 Å². The highest BCUT2D eigenvalue weighted by Gasteiger charge is 2.36. The predicted molar refractivity (Wildman–Crippen MR) is 96.1 cm³/mol. The zero-order valence-corrected chi connectivity index (χ0v) is 15.3. The van der Waals surface area contributed by atoms with Gasteiger partial charge in [-0.25, -0.2) is 0 Å². The van der Waals surface area contributed by atoms with E-state index in [1.807, 2.05) is 13.0 Å². The van der Waals surface area contributed by atoms with Crippen LogP contribution in [0.3, 0.4) is 0 Å². The van der Waals surface area contributed by atoms with Gasteiger partial charge in [0.05, 0.1) is 20.3 Å². The molecule has 3 N–H and O–H groups in total. The number of aliphatic hydroxyl groups is 2. The van der Waals surface area contributed by atoms with E-state index in [1.165, 1.54) is 14.0 Å². The Bertz CT molecular complexity index is 801. The van der Waals surface area contributed by atoms with Crippen LogP contribution in [0.2, 0.25) is 0 Å². The van der Waals surface area contributed by atoms with Crippen molar-refractivity contribution < 1.29 is 29.5 Å². The molecule has 0 spiro atoms. The number of fused-ring (bicyclic) bond motifs is 1. The fourth-order valence-electron chi connectivity index (χ4n) is 3.33. The lowest BCUT2D eigenvalue weighted by atomic mass is 9.90. The van der Waals surface area contributed by atoms with Crippen LogP contribution in [0.4, 0.5) is 0 Å². The van der Waals surface area contributed by atoms with Gasteiger partial charge in [-0.05, 0) is 42.3 Å². The minimum atomic E-state index is -1.01. The lowest BCUT2D eigenvalue weighted by Crippen LogP contribution is -2.14. The predicted octanol–water partition coefficient (Wildman–Crippen LogP) is 3.06. The molecule has 0 aromatic heterocycles. The summed E-state index contributed by atoms with van der Waals surface area (Å²) in [6.07, 6.45) is -2.19. The van der Waals surface area contributed by atoms with Crippen molar-refractivity contribution in [2.24, 2.45) is 0 Å². The first kappa shape index (κ1) is 18.4.